The molecule has 0 fully saturated rings. The minimum absolute atomic E-state index is 0.0476. The van der Waals surface area contributed by atoms with E-state index < -0.39 is 0 Å². The maximum absolute atomic E-state index is 12.4. The van der Waals surface area contributed by atoms with E-state index in [9.17, 15) is 9.59 Å². The molecule has 122 valence electrons. The first-order valence-electron chi connectivity index (χ1n) is 9.18. The van der Waals surface area contributed by atoms with Gasteiger partial charge in [0.1, 0.15) is 0 Å². The highest BCUT2D eigenvalue weighted by atomic mass is 16.1. The molecule has 4 aliphatic carbocycles. The standard InChI is InChI=1S/C24H14O2/c25-23-15-1-2-16(23)20-8-12-6-14-10-22-18-4-3-17(24(18)26)21(22)9-13(14)5-11(12)7-19(15)20/h1-10,15-18H. The van der Waals surface area contributed by atoms with E-state index >= 15 is 0 Å². The Balaban J connectivity index is 1.51. The first-order chi connectivity index (χ1) is 12.7. The number of rotatable bonds is 0. The average Bonchev–Trinajstić information content (AvgIpc) is 3.34. The van der Waals surface area contributed by atoms with E-state index in [1.807, 2.05) is 24.3 Å². The molecular weight excluding hydrogens is 320 g/mol. The number of benzene rings is 3. The Bertz CT molecular complexity index is 1100. The highest BCUT2D eigenvalue weighted by molar-refractivity contribution is 6.08. The zero-order valence-corrected chi connectivity index (χ0v) is 13.9. The van der Waals surface area contributed by atoms with Crippen molar-refractivity contribution in [2.75, 3.05) is 0 Å². The summed E-state index contributed by atoms with van der Waals surface area (Å²) >= 11 is 0. The molecule has 3 aromatic carbocycles. The zero-order valence-electron chi connectivity index (χ0n) is 13.9. The van der Waals surface area contributed by atoms with Gasteiger partial charge in [-0.25, -0.2) is 0 Å². The second-order valence-corrected chi connectivity index (χ2v) is 7.99. The Labute approximate surface area is 149 Å². The third-order valence-electron chi connectivity index (χ3n) is 6.76. The summed E-state index contributed by atoms with van der Waals surface area (Å²) in [5, 5.41) is 4.70. The predicted octanol–water partition coefficient (Wildman–Crippen LogP) is 4.63. The van der Waals surface area contributed by atoms with Crippen molar-refractivity contribution in [3.63, 3.8) is 0 Å². The molecule has 2 nitrogen and oxygen atoms in total. The van der Waals surface area contributed by atoms with Crippen LogP contribution >= 0.6 is 0 Å². The molecule has 4 atom stereocenters. The Kier molecular flexibility index (Phi) is 2.06. The van der Waals surface area contributed by atoms with Gasteiger partial charge in [0.2, 0.25) is 0 Å². The average molecular weight is 334 g/mol. The number of carbonyl (C=O) groups is 2. The number of carbonyl (C=O) groups excluding carboxylic acids is 2. The van der Waals surface area contributed by atoms with E-state index in [0.29, 0.717) is 11.6 Å². The van der Waals surface area contributed by atoms with E-state index in [-0.39, 0.29) is 23.7 Å². The van der Waals surface area contributed by atoms with Gasteiger partial charge >= 0.3 is 0 Å². The Morgan fingerprint density at radius 3 is 0.962 bits per heavy atom. The third-order valence-corrected chi connectivity index (χ3v) is 6.76. The molecule has 0 saturated carbocycles. The van der Waals surface area contributed by atoms with Gasteiger partial charge in [0.15, 0.2) is 11.6 Å². The lowest BCUT2D eigenvalue weighted by molar-refractivity contribution is -0.119. The van der Waals surface area contributed by atoms with Gasteiger partial charge in [-0.1, -0.05) is 24.3 Å². The highest BCUT2D eigenvalue weighted by Crippen LogP contribution is 2.49. The largest absolute Gasteiger partial charge is 0.298 e. The van der Waals surface area contributed by atoms with Crippen LogP contribution in [0.5, 0.6) is 0 Å². The summed E-state index contributed by atoms with van der Waals surface area (Å²) in [7, 11) is 0. The maximum Gasteiger partial charge on any atom is 0.155 e. The smallest absolute Gasteiger partial charge is 0.155 e. The van der Waals surface area contributed by atoms with Crippen molar-refractivity contribution in [2.24, 2.45) is 0 Å². The van der Waals surface area contributed by atoms with Crippen molar-refractivity contribution < 1.29 is 9.59 Å². The van der Waals surface area contributed by atoms with Crippen molar-refractivity contribution in [1.82, 2.24) is 0 Å². The molecule has 0 aromatic heterocycles. The molecule has 0 amide bonds. The van der Waals surface area contributed by atoms with Gasteiger partial charge in [-0.05, 0) is 80.2 Å². The van der Waals surface area contributed by atoms with E-state index in [4.69, 9.17) is 0 Å². The minimum Gasteiger partial charge on any atom is -0.298 e. The lowest BCUT2D eigenvalue weighted by atomic mass is 9.89. The van der Waals surface area contributed by atoms with E-state index in [2.05, 4.69) is 36.4 Å². The fourth-order valence-electron chi connectivity index (χ4n) is 5.49. The number of hydrogen-bond donors (Lipinski definition) is 0. The van der Waals surface area contributed by atoms with Crippen LogP contribution in [0.1, 0.15) is 45.9 Å². The SMILES string of the molecule is O=C1C2C=CC1c1cc3cc4cc5c(cc4cc3cc12)C1C=CC5C1=O. The minimum atomic E-state index is -0.0476. The fourth-order valence-corrected chi connectivity index (χ4v) is 5.49. The second kappa shape index (κ2) is 4.04. The molecule has 4 aliphatic rings. The number of allylic oxidation sites excluding steroid dienone is 4. The van der Waals surface area contributed by atoms with Gasteiger partial charge in [0.25, 0.3) is 0 Å². The van der Waals surface area contributed by atoms with Crippen LogP contribution in [0.25, 0.3) is 21.5 Å². The molecule has 7 rings (SSSR count). The van der Waals surface area contributed by atoms with Crippen LogP contribution in [-0.2, 0) is 9.59 Å². The highest BCUT2D eigenvalue weighted by Gasteiger charge is 2.42. The summed E-state index contributed by atoms with van der Waals surface area (Å²) in [5.41, 5.74) is 4.70. The molecule has 0 spiro atoms. The first kappa shape index (κ1) is 13.2. The summed E-state index contributed by atoms with van der Waals surface area (Å²) in [4.78, 5) is 24.8. The molecule has 0 heterocycles. The summed E-state index contributed by atoms with van der Waals surface area (Å²) in [5.74, 6) is 0.449. The topological polar surface area (TPSA) is 34.1 Å². The molecule has 2 heteroatoms. The molecule has 4 bridgehead atoms. The maximum atomic E-state index is 12.4. The molecule has 0 saturated heterocycles. The fraction of sp³-hybridized carbons (Fsp3) is 0.167. The molecule has 4 unspecified atom stereocenters. The van der Waals surface area contributed by atoms with E-state index in [0.717, 1.165) is 0 Å². The van der Waals surface area contributed by atoms with Gasteiger partial charge in [-0.15, -0.1) is 0 Å². The summed E-state index contributed by atoms with van der Waals surface area (Å²) < 4.78 is 0. The Morgan fingerprint density at radius 1 is 0.423 bits per heavy atom. The van der Waals surface area contributed by atoms with E-state index in [1.165, 1.54) is 43.8 Å². The summed E-state index contributed by atoms with van der Waals surface area (Å²) in [6.45, 7) is 0. The molecule has 0 N–H and O–H groups in total. The monoisotopic (exact) mass is 334 g/mol. The van der Waals surface area contributed by atoms with Crippen molar-refractivity contribution >= 4 is 33.1 Å². The zero-order chi connectivity index (χ0) is 17.2. The van der Waals surface area contributed by atoms with Gasteiger partial charge in [-0.2, -0.15) is 0 Å². The van der Waals surface area contributed by atoms with Crippen LogP contribution in [0.4, 0.5) is 0 Å². The van der Waals surface area contributed by atoms with Gasteiger partial charge < -0.3 is 0 Å². The van der Waals surface area contributed by atoms with Crippen LogP contribution in [0.15, 0.2) is 60.7 Å². The Morgan fingerprint density at radius 2 is 0.692 bits per heavy atom. The molecular formula is C24H14O2. The van der Waals surface area contributed by atoms with Crippen LogP contribution in [0.2, 0.25) is 0 Å². The number of hydrogen-bond acceptors (Lipinski definition) is 2. The second-order valence-electron chi connectivity index (χ2n) is 7.99. The Hall–Kier alpha value is -3.00. The molecule has 0 aliphatic heterocycles. The van der Waals surface area contributed by atoms with Gasteiger partial charge in [-0.3, -0.25) is 9.59 Å². The summed E-state index contributed by atoms with van der Waals surface area (Å²) in [6, 6.07) is 13.2. The van der Waals surface area contributed by atoms with Crippen molar-refractivity contribution in [3.8, 4) is 0 Å². The normalized spacial score (nSPS) is 29.4. The lowest BCUT2D eigenvalue weighted by Gasteiger charge is -2.14. The number of ketones is 2. The van der Waals surface area contributed by atoms with E-state index in [1.54, 1.807) is 0 Å². The summed E-state index contributed by atoms with van der Waals surface area (Å²) in [6.07, 6.45) is 8.18. The van der Waals surface area contributed by atoms with Crippen molar-refractivity contribution in [1.29, 1.82) is 0 Å². The van der Waals surface area contributed by atoms with Gasteiger partial charge in [0.05, 0.1) is 23.7 Å². The quantitative estimate of drug-likeness (QED) is 0.444. The van der Waals surface area contributed by atoms with Crippen molar-refractivity contribution in [2.45, 2.75) is 23.7 Å². The molecule has 0 radical (unpaired) electrons. The first-order valence-corrected chi connectivity index (χ1v) is 9.18. The van der Waals surface area contributed by atoms with Crippen LogP contribution in [0.3, 0.4) is 0 Å². The van der Waals surface area contributed by atoms with Crippen LogP contribution in [0, 0.1) is 0 Å². The van der Waals surface area contributed by atoms with Crippen LogP contribution in [-0.4, -0.2) is 11.6 Å². The molecule has 3 aromatic rings. The lowest BCUT2D eigenvalue weighted by Crippen LogP contribution is -2.00. The third kappa shape index (κ3) is 1.35. The van der Waals surface area contributed by atoms with Crippen LogP contribution < -0.4 is 0 Å². The molecule has 26 heavy (non-hydrogen) atoms. The number of Topliss-reactive ketones (excluding diaryl/α,β-unsaturated/α-hetero) is 2. The van der Waals surface area contributed by atoms with Crippen molar-refractivity contribution in [3.05, 3.63) is 83.0 Å². The predicted molar refractivity (Wildman–Crippen MR) is 101 cm³/mol. The number of fused-ring (bicyclic) bond motifs is 12. The van der Waals surface area contributed by atoms with Gasteiger partial charge in [0, 0.05) is 0 Å².